The largest absolute Gasteiger partial charge is 0.468 e. The van der Waals surface area contributed by atoms with Crippen LogP contribution in [0.1, 0.15) is 19.8 Å². The van der Waals surface area contributed by atoms with Gasteiger partial charge in [0, 0.05) is 24.3 Å². The summed E-state index contributed by atoms with van der Waals surface area (Å²) in [5, 5.41) is 6.43. The van der Waals surface area contributed by atoms with Gasteiger partial charge in [0.05, 0.1) is 24.9 Å². The van der Waals surface area contributed by atoms with Gasteiger partial charge in [0.2, 0.25) is 5.95 Å². The Morgan fingerprint density at radius 1 is 1.28 bits per heavy atom. The van der Waals surface area contributed by atoms with Crippen molar-refractivity contribution < 1.29 is 13.9 Å². The van der Waals surface area contributed by atoms with Crippen molar-refractivity contribution in [2.45, 2.75) is 25.3 Å². The molecular formula is C21H23ClFN7O2. The molecule has 0 radical (unpaired) electrons. The van der Waals surface area contributed by atoms with E-state index in [0.29, 0.717) is 28.5 Å². The SMILES string of the molecule is COC(=O)CNC1(C)CCN(c2ncc3ncnc(Nc4ccc(F)c(Cl)c4)c3n2)CC1. The summed E-state index contributed by atoms with van der Waals surface area (Å²) in [6.45, 7) is 3.72. The minimum Gasteiger partial charge on any atom is -0.468 e. The second-order valence-corrected chi connectivity index (χ2v) is 8.26. The smallest absolute Gasteiger partial charge is 0.319 e. The lowest BCUT2D eigenvalue weighted by molar-refractivity contribution is -0.140. The van der Waals surface area contributed by atoms with Gasteiger partial charge in [-0.25, -0.2) is 24.3 Å². The summed E-state index contributed by atoms with van der Waals surface area (Å²) in [6.07, 6.45) is 4.70. The van der Waals surface area contributed by atoms with Crippen LogP contribution < -0.4 is 15.5 Å². The van der Waals surface area contributed by atoms with Crippen LogP contribution in [0.15, 0.2) is 30.7 Å². The number of fused-ring (bicyclic) bond motifs is 1. The number of carbonyl (C=O) groups is 1. The molecule has 32 heavy (non-hydrogen) atoms. The number of nitrogens with zero attached hydrogens (tertiary/aromatic N) is 5. The number of piperidine rings is 1. The molecule has 3 heterocycles. The number of hydrogen-bond acceptors (Lipinski definition) is 9. The van der Waals surface area contributed by atoms with Crippen LogP contribution in [0.3, 0.4) is 0 Å². The highest BCUT2D eigenvalue weighted by molar-refractivity contribution is 6.31. The van der Waals surface area contributed by atoms with E-state index in [2.05, 4.69) is 37.4 Å². The molecule has 4 rings (SSSR count). The summed E-state index contributed by atoms with van der Waals surface area (Å²) >= 11 is 5.89. The van der Waals surface area contributed by atoms with Crippen molar-refractivity contribution in [3.8, 4) is 0 Å². The molecule has 1 saturated heterocycles. The van der Waals surface area contributed by atoms with Gasteiger partial charge in [0.25, 0.3) is 0 Å². The second kappa shape index (κ2) is 9.17. The van der Waals surface area contributed by atoms with Gasteiger partial charge in [0.15, 0.2) is 5.82 Å². The van der Waals surface area contributed by atoms with E-state index in [1.54, 1.807) is 12.3 Å². The van der Waals surface area contributed by atoms with Gasteiger partial charge in [-0.15, -0.1) is 0 Å². The number of carbonyl (C=O) groups excluding carboxylic acids is 1. The van der Waals surface area contributed by atoms with Crippen LogP contribution in [-0.2, 0) is 9.53 Å². The number of anilines is 3. The topological polar surface area (TPSA) is 105 Å². The van der Waals surface area contributed by atoms with E-state index in [1.165, 1.54) is 25.6 Å². The van der Waals surface area contributed by atoms with E-state index in [0.717, 1.165) is 25.9 Å². The number of rotatable bonds is 6. The van der Waals surface area contributed by atoms with Crippen LogP contribution in [0.5, 0.6) is 0 Å². The number of ether oxygens (including phenoxy) is 1. The Labute approximate surface area is 189 Å². The number of nitrogens with one attached hydrogen (secondary N) is 2. The Morgan fingerprint density at radius 2 is 2.06 bits per heavy atom. The molecule has 0 amide bonds. The summed E-state index contributed by atoms with van der Waals surface area (Å²) < 4.78 is 18.2. The average Bonchev–Trinajstić information content (AvgIpc) is 2.80. The summed E-state index contributed by atoms with van der Waals surface area (Å²) in [5.74, 6) is 0.270. The number of methoxy groups -OCH3 is 1. The molecular weight excluding hydrogens is 437 g/mol. The summed E-state index contributed by atoms with van der Waals surface area (Å²) in [4.78, 5) is 31.2. The average molecular weight is 460 g/mol. The molecule has 11 heteroatoms. The molecule has 3 aromatic rings. The van der Waals surface area contributed by atoms with Crippen molar-refractivity contribution >= 4 is 46.1 Å². The Bertz CT molecular complexity index is 1140. The molecule has 0 bridgehead atoms. The molecule has 1 aliphatic heterocycles. The minimum absolute atomic E-state index is 0.0147. The van der Waals surface area contributed by atoms with Gasteiger partial charge < -0.3 is 20.3 Å². The van der Waals surface area contributed by atoms with E-state index in [4.69, 9.17) is 21.3 Å². The monoisotopic (exact) mass is 459 g/mol. The first kappa shape index (κ1) is 22.1. The lowest BCUT2D eigenvalue weighted by Gasteiger charge is -2.40. The first-order valence-electron chi connectivity index (χ1n) is 10.1. The number of benzene rings is 1. The number of halogens is 2. The zero-order valence-corrected chi connectivity index (χ0v) is 18.5. The van der Waals surface area contributed by atoms with Gasteiger partial charge in [-0.3, -0.25) is 4.79 Å². The van der Waals surface area contributed by atoms with Crippen molar-refractivity contribution in [1.82, 2.24) is 25.3 Å². The molecule has 0 saturated carbocycles. The van der Waals surface area contributed by atoms with Crippen LogP contribution in [0.4, 0.5) is 21.8 Å². The molecule has 1 aliphatic rings. The van der Waals surface area contributed by atoms with Crippen molar-refractivity contribution in [2.75, 3.05) is 37.0 Å². The van der Waals surface area contributed by atoms with Gasteiger partial charge in [0.1, 0.15) is 23.2 Å². The van der Waals surface area contributed by atoms with E-state index < -0.39 is 5.82 Å². The normalized spacial score (nSPS) is 15.6. The Balaban J connectivity index is 1.52. The minimum atomic E-state index is -0.493. The number of aromatic nitrogens is 4. The fourth-order valence-corrected chi connectivity index (χ4v) is 3.71. The third-order valence-electron chi connectivity index (χ3n) is 5.58. The molecule has 1 fully saturated rings. The maximum Gasteiger partial charge on any atom is 0.319 e. The summed E-state index contributed by atoms with van der Waals surface area (Å²) in [5.41, 5.74) is 1.55. The van der Waals surface area contributed by atoms with Crippen LogP contribution in [-0.4, -0.2) is 58.2 Å². The number of esters is 1. The predicted octanol–water partition coefficient (Wildman–Crippen LogP) is 3.08. The second-order valence-electron chi connectivity index (χ2n) is 7.86. The lowest BCUT2D eigenvalue weighted by atomic mass is 9.89. The lowest BCUT2D eigenvalue weighted by Crippen LogP contribution is -2.53. The molecule has 2 N–H and O–H groups in total. The van der Waals surface area contributed by atoms with E-state index in [9.17, 15) is 9.18 Å². The molecule has 168 valence electrons. The zero-order chi connectivity index (χ0) is 22.7. The Morgan fingerprint density at radius 3 is 2.78 bits per heavy atom. The highest BCUT2D eigenvalue weighted by Gasteiger charge is 2.31. The van der Waals surface area contributed by atoms with Crippen molar-refractivity contribution in [3.63, 3.8) is 0 Å². The fourth-order valence-electron chi connectivity index (χ4n) is 3.53. The van der Waals surface area contributed by atoms with Gasteiger partial charge in [-0.05, 0) is 38.0 Å². The highest BCUT2D eigenvalue weighted by Crippen LogP contribution is 2.28. The third kappa shape index (κ3) is 4.86. The molecule has 0 spiro atoms. The number of hydrogen-bond donors (Lipinski definition) is 2. The maximum absolute atomic E-state index is 13.5. The van der Waals surface area contributed by atoms with Crippen molar-refractivity contribution in [1.29, 1.82) is 0 Å². The van der Waals surface area contributed by atoms with Crippen molar-refractivity contribution in [3.05, 3.63) is 41.6 Å². The molecule has 0 unspecified atom stereocenters. The molecule has 2 aromatic heterocycles. The van der Waals surface area contributed by atoms with Gasteiger partial charge >= 0.3 is 5.97 Å². The van der Waals surface area contributed by atoms with E-state index in [1.807, 2.05) is 0 Å². The quantitative estimate of drug-likeness (QED) is 0.538. The first-order chi connectivity index (χ1) is 15.4. The summed E-state index contributed by atoms with van der Waals surface area (Å²) in [6, 6.07) is 4.34. The Kier molecular flexibility index (Phi) is 6.33. The van der Waals surface area contributed by atoms with Crippen LogP contribution in [0, 0.1) is 5.82 Å². The fraction of sp³-hybridized carbons (Fsp3) is 0.381. The van der Waals surface area contributed by atoms with Crippen LogP contribution in [0.25, 0.3) is 11.0 Å². The highest BCUT2D eigenvalue weighted by atomic mass is 35.5. The van der Waals surface area contributed by atoms with Gasteiger partial charge in [-0.1, -0.05) is 11.6 Å². The Hall–Kier alpha value is -3.11. The molecule has 1 aromatic carbocycles. The predicted molar refractivity (Wildman–Crippen MR) is 120 cm³/mol. The molecule has 9 nitrogen and oxygen atoms in total. The van der Waals surface area contributed by atoms with Gasteiger partial charge in [-0.2, -0.15) is 0 Å². The third-order valence-corrected chi connectivity index (χ3v) is 5.87. The van der Waals surface area contributed by atoms with E-state index >= 15 is 0 Å². The first-order valence-corrected chi connectivity index (χ1v) is 10.5. The molecule has 0 aliphatic carbocycles. The zero-order valence-electron chi connectivity index (χ0n) is 17.7. The van der Waals surface area contributed by atoms with Crippen LogP contribution in [0.2, 0.25) is 5.02 Å². The van der Waals surface area contributed by atoms with Crippen LogP contribution >= 0.6 is 11.6 Å². The van der Waals surface area contributed by atoms with Crippen molar-refractivity contribution in [2.24, 2.45) is 0 Å². The standard InChI is InChI=1S/C21H23ClFN7O2/c1-21(27-11-17(31)32-2)5-7-30(8-6-21)20-24-10-16-18(29-20)19(26-12-25-16)28-13-3-4-15(23)14(22)9-13/h3-4,9-10,12,27H,5-8,11H2,1-2H3,(H,25,26,28). The summed E-state index contributed by atoms with van der Waals surface area (Å²) in [7, 11) is 1.38. The maximum atomic E-state index is 13.5. The van der Waals surface area contributed by atoms with E-state index in [-0.39, 0.29) is 23.1 Å². The molecule has 0 atom stereocenters.